The molecule has 0 radical (unpaired) electrons. The number of halogens is 1. The van der Waals surface area contributed by atoms with Gasteiger partial charge in [-0.15, -0.1) is 0 Å². The summed E-state index contributed by atoms with van der Waals surface area (Å²) in [4.78, 5) is 33.8. The molecule has 1 fully saturated rings. The van der Waals surface area contributed by atoms with Gasteiger partial charge in [0.2, 0.25) is 0 Å². The number of ether oxygens (including phenoxy) is 1. The zero-order valence-corrected chi connectivity index (χ0v) is 19.8. The smallest absolute Gasteiger partial charge is 0.256 e. The third-order valence-corrected chi connectivity index (χ3v) is 7.06. The van der Waals surface area contributed by atoms with Gasteiger partial charge in [0.25, 0.3) is 11.8 Å². The Kier molecular flexibility index (Phi) is 5.92. The number of hydrogen-bond acceptors (Lipinski definition) is 4. The van der Waals surface area contributed by atoms with E-state index in [1.54, 1.807) is 0 Å². The van der Waals surface area contributed by atoms with E-state index in [4.69, 9.17) is 4.74 Å². The summed E-state index contributed by atoms with van der Waals surface area (Å²) in [6.45, 7) is 7.72. The van der Waals surface area contributed by atoms with Gasteiger partial charge < -0.3 is 19.9 Å². The SMILES string of the molecule is Cc1c(/C=C2\C(=O)Nc3ccc(Br)cc32)[nH]c2c1C(=O)N(CCN1CCOCC1)CCC2. The number of nitrogens with one attached hydrogen (secondary N) is 2. The predicted molar refractivity (Wildman–Crippen MR) is 128 cm³/mol. The number of anilines is 1. The summed E-state index contributed by atoms with van der Waals surface area (Å²) in [6.07, 6.45) is 3.63. The molecule has 2 amide bonds. The van der Waals surface area contributed by atoms with Gasteiger partial charge in [0.05, 0.1) is 24.4 Å². The number of amides is 2. The molecular formula is C24H27BrN4O3. The fourth-order valence-electron chi connectivity index (χ4n) is 4.76. The Hall–Kier alpha value is -2.42. The highest BCUT2D eigenvalue weighted by molar-refractivity contribution is 9.10. The van der Waals surface area contributed by atoms with Crippen molar-refractivity contribution in [3.63, 3.8) is 0 Å². The lowest BCUT2D eigenvalue weighted by Gasteiger charge is -2.29. The summed E-state index contributed by atoms with van der Waals surface area (Å²) in [5, 5.41) is 2.92. The first-order chi connectivity index (χ1) is 15.5. The summed E-state index contributed by atoms with van der Waals surface area (Å²) in [5.41, 5.74) is 5.76. The predicted octanol–water partition coefficient (Wildman–Crippen LogP) is 3.30. The standard InChI is InChI=1S/C24H27BrN4O3/c1-15-21(14-18-17-13-16(25)4-5-19(17)27-23(18)30)26-20-3-2-6-29(24(31)22(15)20)8-7-28-9-11-32-12-10-28/h4-5,13-14,26H,2-3,6-12H2,1H3,(H,27,30)/b18-14-. The highest BCUT2D eigenvalue weighted by atomic mass is 79.9. The summed E-state index contributed by atoms with van der Waals surface area (Å²) >= 11 is 3.49. The van der Waals surface area contributed by atoms with Crippen LogP contribution >= 0.6 is 15.9 Å². The normalized spacial score (nSPS) is 20.3. The molecule has 7 nitrogen and oxygen atoms in total. The molecule has 2 N–H and O–H groups in total. The second-order valence-corrected chi connectivity index (χ2v) is 9.48. The second kappa shape index (κ2) is 8.84. The quantitative estimate of drug-likeness (QED) is 0.634. The fraction of sp³-hybridized carbons (Fsp3) is 0.417. The molecule has 32 heavy (non-hydrogen) atoms. The Bertz CT molecular complexity index is 1100. The number of H-pyrrole nitrogens is 1. The molecule has 1 aromatic heterocycles. The Morgan fingerprint density at radius 3 is 2.78 bits per heavy atom. The molecule has 1 saturated heterocycles. The molecule has 0 aliphatic carbocycles. The van der Waals surface area contributed by atoms with Gasteiger partial charge in [0, 0.05) is 59.8 Å². The van der Waals surface area contributed by atoms with Crippen LogP contribution in [0.3, 0.4) is 0 Å². The molecule has 8 heteroatoms. The number of aromatic amines is 1. The first kappa shape index (κ1) is 21.4. The number of rotatable bonds is 4. The zero-order valence-electron chi connectivity index (χ0n) is 18.2. The van der Waals surface area contributed by atoms with Gasteiger partial charge in [-0.1, -0.05) is 15.9 Å². The number of nitrogens with zero attached hydrogens (tertiary/aromatic N) is 2. The van der Waals surface area contributed by atoms with Crippen LogP contribution in [-0.2, 0) is 16.0 Å². The average molecular weight is 499 g/mol. The molecule has 0 spiro atoms. The number of carbonyl (C=O) groups is 2. The minimum absolute atomic E-state index is 0.0863. The van der Waals surface area contributed by atoms with Crippen molar-refractivity contribution in [3.05, 3.63) is 50.8 Å². The van der Waals surface area contributed by atoms with Crippen LogP contribution in [0.5, 0.6) is 0 Å². The Morgan fingerprint density at radius 2 is 1.97 bits per heavy atom. The van der Waals surface area contributed by atoms with Crippen LogP contribution in [0.2, 0.25) is 0 Å². The number of aryl methyl sites for hydroxylation is 1. The van der Waals surface area contributed by atoms with Crippen LogP contribution in [0.25, 0.3) is 11.6 Å². The van der Waals surface area contributed by atoms with Gasteiger partial charge >= 0.3 is 0 Å². The molecule has 1 aromatic carbocycles. The van der Waals surface area contributed by atoms with Crippen LogP contribution in [0.4, 0.5) is 5.69 Å². The van der Waals surface area contributed by atoms with E-state index in [1.165, 1.54) is 0 Å². The third-order valence-electron chi connectivity index (χ3n) is 6.57. The van der Waals surface area contributed by atoms with E-state index >= 15 is 0 Å². The van der Waals surface area contributed by atoms with Gasteiger partial charge in [-0.3, -0.25) is 14.5 Å². The van der Waals surface area contributed by atoms with Gasteiger partial charge in [0.1, 0.15) is 0 Å². The highest BCUT2D eigenvalue weighted by Gasteiger charge is 2.29. The minimum atomic E-state index is -0.124. The van der Waals surface area contributed by atoms with E-state index in [2.05, 4.69) is 31.1 Å². The number of fused-ring (bicyclic) bond motifs is 2. The second-order valence-electron chi connectivity index (χ2n) is 8.57. The maximum atomic E-state index is 13.4. The van der Waals surface area contributed by atoms with Gasteiger partial charge in [-0.25, -0.2) is 0 Å². The van der Waals surface area contributed by atoms with Crippen LogP contribution in [0.1, 0.15) is 39.3 Å². The van der Waals surface area contributed by atoms with Gasteiger partial charge in [-0.05, 0) is 49.6 Å². The van der Waals surface area contributed by atoms with E-state index < -0.39 is 0 Å². The first-order valence-corrected chi connectivity index (χ1v) is 11.9. The van der Waals surface area contributed by atoms with Crippen molar-refractivity contribution in [1.29, 1.82) is 0 Å². The summed E-state index contributed by atoms with van der Waals surface area (Å²) < 4.78 is 6.35. The van der Waals surface area contributed by atoms with E-state index in [9.17, 15) is 9.59 Å². The fourth-order valence-corrected chi connectivity index (χ4v) is 5.12. The zero-order chi connectivity index (χ0) is 22.2. The van der Waals surface area contributed by atoms with E-state index in [-0.39, 0.29) is 11.8 Å². The summed E-state index contributed by atoms with van der Waals surface area (Å²) in [6, 6.07) is 5.75. The molecular weight excluding hydrogens is 472 g/mol. The lowest BCUT2D eigenvalue weighted by atomic mass is 10.0. The monoisotopic (exact) mass is 498 g/mol. The largest absolute Gasteiger partial charge is 0.379 e. The number of morpholine rings is 1. The van der Waals surface area contributed by atoms with Crippen molar-refractivity contribution >= 4 is 45.1 Å². The molecule has 3 aliphatic heterocycles. The van der Waals surface area contributed by atoms with Crippen molar-refractivity contribution in [2.75, 3.05) is 51.3 Å². The molecule has 168 valence electrons. The van der Waals surface area contributed by atoms with Gasteiger partial charge in [0.15, 0.2) is 0 Å². The van der Waals surface area contributed by atoms with Crippen molar-refractivity contribution in [3.8, 4) is 0 Å². The van der Waals surface area contributed by atoms with Crippen molar-refractivity contribution in [2.24, 2.45) is 0 Å². The molecule has 0 unspecified atom stereocenters. The molecule has 4 heterocycles. The van der Waals surface area contributed by atoms with E-state index in [1.807, 2.05) is 36.1 Å². The topological polar surface area (TPSA) is 77.7 Å². The number of hydrogen-bond donors (Lipinski definition) is 2. The van der Waals surface area contributed by atoms with Crippen LogP contribution in [0.15, 0.2) is 22.7 Å². The van der Waals surface area contributed by atoms with Crippen LogP contribution in [-0.4, -0.2) is 72.5 Å². The lowest BCUT2D eigenvalue weighted by molar-refractivity contribution is -0.110. The lowest BCUT2D eigenvalue weighted by Crippen LogP contribution is -2.43. The molecule has 0 saturated carbocycles. The summed E-state index contributed by atoms with van der Waals surface area (Å²) in [7, 11) is 0. The van der Waals surface area contributed by atoms with E-state index in [0.717, 1.165) is 97.0 Å². The number of benzene rings is 1. The molecule has 0 bridgehead atoms. The van der Waals surface area contributed by atoms with Crippen molar-refractivity contribution in [1.82, 2.24) is 14.8 Å². The average Bonchev–Trinajstić information content (AvgIpc) is 3.20. The Labute approximate surface area is 195 Å². The Morgan fingerprint density at radius 1 is 1.16 bits per heavy atom. The number of aromatic nitrogens is 1. The van der Waals surface area contributed by atoms with Crippen LogP contribution in [0, 0.1) is 6.92 Å². The van der Waals surface area contributed by atoms with E-state index in [0.29, 0.717) is 5.57 Å². The Balaban J connectivity index is 1.41. The third kappa shape index (κ3) is 4.02. The minimum Gasteiger partial charge on any atom is -0.379 e. The maximum absolute atomic E-state index is 13.4. The maximum Gasteiger partial charge on any atom is 0.256 e. The molecule has 3 aliphatic rings. The first-order valence-electron chi connectivity index (χ1n) is 11.1. The highest BCUT2D eigenvalue weighted by Crippen LogP contribution is 2.36. The van der Waals surface area contributed by atoms with Crippen molar-refractivity contribution in [2.45, 2.75) is 19.8 Å². The molecule has 0 atom stereocenters. The van der Waals surface area contributed by atoms with Crippen LogP contribution < -0.4 is 5.32 Å². The van der Waals surface area contributed by atoms with Gasteiger partial charge in [-0.2, -0.15) is 0 Å². The van der Waals surface area contributed by atoms with Crippen molar-refractivity contribution < 1.29 is 14.3 Å². The summed E-state index contributed by atoms with van der Waals surface area (Å²) in [5.74, 6) is -0.0380. The molecule has 2 aromatic rings. The molecule has 5 rings (SSSR count). The number of carbonyl (C=O) groups excluding carboxylic acids is 2.